The molecule has 1 saturated carbocycles. The van der Waals surface area contributed by atoms with Gasteiger partial charge in [-0.25, -0.2) is 4.79 Å². The van der Waals surface area contributed by atoms with Crippen LogP contribution in [0.15, 0.2) is 21.9 Å². The van der Waals surface area contributed by atoms with E-state index in [1.54, 1.807) is 0 Å². The molecule has 4 atom stereocenters. The van der Waals surface area contributed by atoms with Crippen LogP contribution in [-0.4, -0.2) is 44.9 Å². The highest BCUT2D eigenvalue weighted by molar-refractivity contribution is 5.24. The molecule has 1 spiro atoms. The van der Waals surface area contributed by atoms with E-state index in [-0.39, 0.29) is 6.61 Å². The van der Waals surface area contributed by atoms with Crippen LogP contribution in [0.25, 0.3) is 0 Å². The van der Waals surface area contributed by atoms with Crippen LogP contribution < -0.4 is 11.2 Å². The van der Waals surface area contributed by atoms with Gasteiger partial charge in [-0.15, -0.1) is 6.42 Å². The summed E-state index contributed by atoms with van der Waals surface area (Å²) in [4.78, 5) is 25.7. The van der Waals surface area contributed by atoms with Crippen molar-refractivity contribution in [2.45, 2.75) is 55.5 Å². The van der Waals surface area contributed by atoms with E-state index in [4.69, 9.17) is 20.6 Å². The monoisotopic (exact) mass is 334 g/mol. The lowest BCUT2D eigenvalue weighted by Crippen LogP contribution is -2.47. The highest BCUT2D eigenvalue weighted by Crippen LogP contribution is 2.54. The fourth-order valence-electron chi connectivity index (χ4n) is 3.93. The molecular weight excluding hydrogens is 316 g/mol. The number of rotatable bonds is 2. The van der Waals surface area contributed by atoms with Crippen LogP contribution in [0.1, 0.15) is 31.9 Å². The summed E-state index contributed by atoms with van der Waals surface area (Å²) < 4.78 is 19.3. The van der Waals surface area contributed by atoms with Crippen LogP contribution in [0.2, 0.25) is 0 Å². The standard InChI is InChI=1S/C16H18N2O6/c1-2-16-12(23-15(24-16)6-3-4-7-15)10(9-19)22-13(16)18-8-5-11(20)17-14(18)21/h1,5,8,10,12-13,19H,3-4,6-7,9H2,(H,17,20,21). The predicted octanol–water partition coefficient (Wildman–Crippen LogP) is -0.516. The van der Waals surface area contributed by atoms with Gasteiger partial charge < -0.3 is 19.3 Å². The number of aromatic amines is 1. The predicted molar refractivity (Wildman–Crippen MR) is 81.0 cm³/mol. The molecule has 0 bridgehead atoms. The van der Waals surface area contributed by atoms with Gasteiger partial charge in [-0.3, -0.25) is 14.3 Å². The molecule has 1 aromatic heterocycles. The number of hydrogen-bond acceptors (Lipinski definition) is 6. The Morgan fingerprint density at radius 3 is 2.79 bits per heavy atom. The van der Waals surface area contributed by atoms with Gasteiger partial charge in [0.1, 0.15) is 12.2 Å². The molecule has 1 aliphatic carbocycles. The van der Waals surface area contributed by atoms with E-state index >= 15 is 0 Å². The second kappa shape index (κ2) is 5.29. The highest BCUT2D eigenvalue weighted by Gasteiger charge is 2.68. The molecule has 4 unspecified atom stereocenters. The fraction of sp³-hybridized carbons (Fsp3) is 0.625. The van der Waals surface area contributed by atoms with Crippen molar-refractivity contribution in [1.82, 2.24) is 9.55 Å². The average molecular weight is 334 g/mol. The van der Waals surface area contributed by atoms with Crippen molar-refractivity contribution in [2.24, 2.45) is 0 Å². The summed E-state index contributed by atoms with van der Waals surface area (Å²) in [5.74, 6) is 1.82. The van der Waals surface area contributed by atoms with Gasteiger partial charge in [-0.05, 0) is 12.8 Å². The summed E-state index contributed by atoms with van der Waals surface area (Å²) in [6, 6.07) is 1.21. The van der Waals surface area contributed by atoms with Crippen LogP contribution in [-0.2, 0) is 14.2 Å². The first kappa shape index (κ1) is 15.6. The Bertz CT molecular complexity index is 802. The molecular formula is C16H18N2O6. The Morgan fingerprint density at radius 1 is 1.42 bits per heavy atom. The maximum Gasteiger partial charge on any atom is 0.330 e. The van der Waals surface area contributed by atoms with Gasteiger partial charge in [0.05, 0.1) is 6.61 Å². The molecule has 2 N–H and O–H groups in total. The quantitative estimate of drug-likeness (QED) is 0.706. The lowest BCUT2D eigenvalue weighted by Gasteiger charge is -2.30. The fourth-order valence-corrected chi connectivity index (χ4v) is 3.93. The molecule has 8 heteroatoms. The third-order valence-electron chi connectivity index (χ3n) is 5.00. The van der Waals surface area contributed by atoms with Crippen molar-refractivity contribution in [3.8, 4) is 12.3 Å². The van der Waals surface area contributed by atoms with Gasteiger partial charge in [0, 0.05) is 25.1 Å². The summed E-state index contributed by atoms with van der Waals surface area (Å²) in [6.45, 7) is -0.317. The molecule has 128 valence electrons. The van der Waals surface area contributed by atoms with Crippen LogP contribution in [0.3, 0.4) is 0 Å². The molecule has 0 amide bonds. The number of aliphatic hydroxyl groups is 1. The van der Waals surface area contributed by atoms with E-state index in [9.17, 15) is 14.7 Å². The second-order valence-electron chi connectivity index (χ2n) is 6.42. The normalized spacial score (nSPS) is 36.8. The summed E-state index contributed by atoms with van der Waals surface area (Å²) >= 11 is 0. The molecule has 3 heterocycles. The third kappa shape index (κ3) is 2.03. The number of ether oxygens (including phenoxy) is 3. The van der Waals surface area contributed by atoms with Crippen molar-refractivity contribution in [2.75, 3.05) is 6.61 Å². The minimum Gasteiger partial charge on any atom is -0.394 e. The Hall–Kier alpha value is -1.92. The minimum absolute atomic E-state index is 0.317. The summed E-state index contributed by atoms with van der Waals surface area (Å²) in [5.41, 5.74) is -2.51. The van der Waals surface area contributed by atoms with E-state index < -0.39 is 41.1 Å². The van der Waals surface area contributed by atoms with Crippen LogP contribution in [0, 0.1) is 12.3 Å². The molecule has 8 nitrogen and oxygen atoms in total. The molecule has 1 aromatic rings. The van der Waals surface area contributed by atoms with Gasteiger partial charge in [-0.1, -0.05) is 5.92 Å². The zero-order chi connectivity index (χ0) is 16.9. The first-order valence-corrected chi connectivity index (χ1v) is 7.97. The molecule has 24 heavy (non-hydrogen) atoms. The van der Waals surface area contributed by atoms with E-state index in [2.05, 4.69) is 10.9 Å². The third-order valence-corrected chi connectivity index (χ3v) is 5.00. The van der Waals surface area contributed by atoms with Gasteiger partial charge in [-0.2, -0.15) is 0 Å². The van der Waals surface area contributed by atoms with Crippen molar-refractivity contribution < 1.29 is 19.3 Å². The van der Waals surface area contributed by atoms with Crippen molar-refractivity contribution in [3.05, 3.63) is 33.1 Å². The Labute approximate surface area is 137 Å². The van der Waals surface area contributed by atoms with Gasteiger partial charge in [0.15, 0.2) is 12.0 Å². The number of aromatic nitrogens is 2. The van der Waals surface area contributed by atoms with Crippen molar-refractivity contribution in [1.29, 1.82) is 0 Å². The Morgan fingerprint density at radius 2 is 2.17 bits per heavy atom. The molecule has 3 aliphatic rings. The van der Waals surface area contributed by atoms with Crippen LogP contribution >= 0.6 is 0 Å². The van der Waals surface area contributed by atoms with E-state index in [0.717, 1.165) is 12.8 Å². The van der Waals surface area contributed by atoms with Crippen molar-refractivity contribution >= 4 is 0 Å². The Balaban J connectivity index is 1.81. The summed E-state index contributed by atoms with van der Waals surface area (Å²) in [6.07, 6.45) is 8.03. The SMILES string of the molecule is C#CC12OC3(CCCC3)OC1C(CO)OC2n1ccc(=O)[nH]c1=O. The molecule has 2 aliphatic heterocycles. The maximum atomic E-state index is 12.2. The summed E-state index contributed by atoms with van der Waals surface area (Å²) in [5, 5.41) is 9.66. The first-order chi connectivity index (χ1) is 11.5. The lowest BCUT2D eigenvalue weighted by atomic mass is 9.95. The van der Waals surface area contributed by atoms with Crippen molar-refractivity contribution in [3.63, 3.8) is 0 Å². The Kier molecular flexibility index (Phi) is 3.44. The van der Waals surface area contributed by atoms with Gasteiger partial charge >= 0.3 is 5.69 Å². The number of terminal acetylenes is 1. The smallest absolute Gasteiger partial charge is 0.330 e. The van der Waals surface area contributed by atoms with E-state index in [1.165, 1.54) is 16.8 Å². The lowest BCUT2D eigenvalue weighted by molar-refractivity contribution is -0.226. The molecule has 0 aromatic carbocycles. The largest absolute Gasteiger partial charge is 0.394 e. The number of nitrogens with one attached hydrogen (secondary N) is 1. The summed E-state index contributed by atoms with van der Waals surface area (Å²) in [7, 11) is 0. The number of H-pyrrole nitrogens is 1. The van der Waals surface area contributed by atoms with Gasteiger partial charge in [0.25, 0.3) is 5.56 Å². The van der Waals surface area contributed by atoms with Crippen LogP contribution in [0.5, 0.6) is 0 Å². The van der Waals surface area contributed by atoms with Gasteiger partial charge in [0.2, 0.25) is 5.60 Å². The first-order valence-electron chi connectivity index (χ1n) is 7.97. The molecule has 4 rings (SSSR count). The average Bonchev–Trinajstić information content (AvgIpc) is 3.22. The maximum absolute atomic E-state index is 12.2. The topological polar surface area (TPSA) is 103 Å². The molecule has 3 fully saturated rings. The van der Waals surface area contributed by atoms with Crippen LogP contribution in [0.4, 0.5) is 0 Å². The molecule has 2 saturated heterocycles. The number of fused-ring (bicyclic) bond motifs is 1. The van der Waals surface area contributed by atoms with E-state index in [0.29, 0.717) is 12.8 Å². The zero-order valence-electron chi connectivity index (χ0n) is 12.9. The van der Waals surface area contributed by atoms with E-state index in [1.807, 2.05) is 0 Å². The number of nitrogens with zero attached hydrogens (tertiary/aromatic N) is 1. The minimum atomic E-state index is -1.33. The molecule has 0 radical (unpaired) electrons. The zero-order valence-corrected chi connectivity index (χ0v) is 12.9. The number of hydrogen-bond donors (Lipinski definition) is 2. The highest BCUT2D eigenvalue weighted by atomic mass is 16.8. The number of aliphatic hydroxyl groups excluding tert-OH is 1. The second-order valence-corrected chi connectivity index (χ2v) is 6.42.